The maximum atomic E-state index is 12.2. The molecule has 139 valence electrons. The Hall–Kier alpha value is -0.160. The summed E-state index contributed by atoms with van der Waals surface area (Å²) in [6.07, 6.45) is 0.138. The van der Waals surface area contributed by atoms with Crippen molar-refractivity contribution in [1.29, 1.82) is 0 Å². The van der Waals surface area contributed by atoms with E-state index in [0.29, 0.717) is 31.5 Å². The van der Waals surface area contributed by atoms with Crippen LogP contribution < -0.4 is 0 Å². The van der Waals surface area contributed by atoms with Gasteiger partial charge in [-0.1, -0.05) is 48.5 Å². The van der Waals surface area contributed by atoms with E-state index in [0.717, 1.165) is 6.42 Å². The maximum Gasteiger partial charge on any atom is 0.196 e. The average Bonchev–Trinajstić information content (AvgIpc) is 2.33. The Morgan fingerprint density at radius 3 is 1.87 bits per heavy atom. The second-order valence-electron chi connectivity index (χ2n) is 8.99. The molecule has 1 radical (unpaired) electrons. The van der Waals surface area contributed by atoms with Crippen LogP contribution in [0.25, 0.3) is 0 Å². The van der Waals surface area contributed by atoms with Crippen LogP contribution in [0.4, 0.5) is 0 Å². The van der Waals surface area contributed by atoms with Gasteiger partial charge in [0, 0.05) is 18.4 Å². The van der Waals surface area contributed by atoms with Crippen LogP contribution in [0, 0.1) is 17.3 Å². The molecule has 0 aliphatic heterocycles. The topological polar surface area (TPSA) is 47.6 Å². The Labute approximate surface area is 143 Å². The standard InChI is InChI=1S/C19H39O4/c1-14(2)10-11-21-16(22-13-15(3)4)12-19(8,9)23-17(20)18(5,6)7/h14-17H,10-13H2,1-9H3. The van der Waals surface area contributed by atoms with Crippen LogP contribution >= 0.6 is 0 Å². The van der Waals surface area contributed by atoms with Crippen molar-refractivity contribution in [2.24, 2.45) is 17.3 Å². The zero-order valence-corrected chi connectivity index (χ0v) is 16.8. The summed E-state index contributed by atoms with van der Waals surface area (Å²) in [4.78, 5) is 0. The Kier molecular flexibility index (Phi) is 9.90. The third kappa shape index (κ3) is 11.9. The van der Waals surface area contributed by atoms with Crippen molar-refractivity contribution in [2.75, 3.05) is 13.2 Å². The number of ether oxygens (including phenoxy) is 3. The van der Waals surface area contributed by atoms with Gasteiger partial charge in [0.25, 0.3) is 0 Å². The van der Waals surface area contributed by atoms with Crippen LogP contribution in [0.1, 0.15) is 75.2 Å². The number of hydrogen-bond donors (Lipinski definition) is 0. The van der Waals surface area contributed by atoms with E-state index in [1.165, 1.54) is 0 Å². The molecule has 2 unspecified atom stereocenters. The molecule has 0 spiro atoms. The molecule has 0 fully saturated rings. The summed E-state index contributed by atoms with van der Waals surface area (Å²) in [5, 5.41) is 12.2. The van der Waals surface area contributed by atoms with E-state index < -0.39 is 17.3 Å². The van der Waals surface area contributed by atoms with Gasteiger partial charge >= 0.3 is 0 Å². The van der Waals surface area contributed by atoms with E-state index in [4.69, 9.17) is 14.2 Å². The summed E-state index contributed by atoms with van der Waals surface area (Å²) < 4.78 is 17.5. The van der Waals surface area contributed by atoms with Crippen LogP contribution in [0.15, 0.2) is 0 Å². The Morgan fingerprint density at radius 1 is 0.870 bits per heavy atom. The largest absolute Gasteiger partial charge is 0.353 e. The van der Waals surface area contributed by atoms with Crippen molar-refractivity contribution in [1.82, 2.24) is 0 Å². The molecule has 0 aromatic rings. The van der Waals surface area contributed by atoms with E-state index >= 15 is 0 Å². The zero-order chi connectivity index (χ0) is 18.3. The minimum absolute atomic E-state index is 0.335. The predicted molar refractivity (Wildman–Crippen MR) is 93.7 cm³/mol. The molecule has 2 atom stereocenters. The molecule has 0 saturated heterocycles. The average molecular weight is 332 g/mol. The molecule has 0 saturated carbocycles. The highest BCUT2D eigenvalue weighted by atomic mass is 16.7. The van der Waals surface area contributed by atoms with Gasteiger partial charge in [0.2, 0.25) is 0 Å². The normalized spacial score (nSPS) is 16.2. The van der Waals surface area contributed by atoms with E-state index in [-0.39, 0.29) is 6.29 Å². The van der Waals surface area contributed by atoms with Gasteiger partial charge in [0.05, 0.1) is 12.2 Å². The molecular weight excluding hydrogens is 292 g/mol. The number of rotatable bonds is 11. The van der Waals surface area contributed by atoms with Crippen LogP contribution in [-0.2, 0) is 19.3 Å². The first-order valence-electron chi connectivity index (χ1n) is 8.90. The molecule has 0 heterocycles. The monoisotopic (exact) mass is 331 g/mol. The zero-order valence-electron chi connectivity index (χ0n) is 16.8. The Morgan fingerprint density at radius 2 is 1.43 bits per heavy atom. The van der Waals surface area contributed by atoms with E-state index in [9.17, 15) is 5.11 Å². The molecule has 0 bridgehead atoms. The maximum absolute atomic E-state index is 12.2. The fourth-order valence-electron chi connectivity index (χ4n) is 1.82. The van der Waals surface area contributed by atoms with Gasteiger partial charge in [-0.25, -0.2) is 5.11 Å². The quantitative estimate of drug-likeness (QED) is 0.499. The predicted octanol–water partition coefficient (Wildman–Crippen LogP) is 5.04. The summed E-state index contributed by atoms with van der Waals surface area (Å²) in [5.41, 5.74) is -1.01. The molecule has 0 N–H and O–H groups in total. The van der Waals surface area contributed by atoms with Crippen LogP contribution in [-0.4, -0.2) is 31.4 Å². The van der Waals surface area contributed by atoms with Gasteiger partial charge in [-0.05, 0) is 32.1 Å². The second kappa shape index (κ2) is 9.97. The first-order valence-corrected chi connectivity index (χ1v) is 8.90. The second-order valence-corrected chi connectivity index (χ2v) is 8.99. The highest BCUT2D eigenvalue weighted by Crippen LogP contribution is 2.28. The van der Waals surface area contributed by atoms with E-state index in [1.54, 1.807) is 0 Å². The highest BCUT2D eigenvalue weighted by molar-refractivity contribution is 4.75. The van der Waals surface area contributed by atoms with Gasteiger partial charge < -0.3 is 14.2 Å². The fraction of sp³-hybridized carbons (Fsp3) is 1.00. The summed E-state index contributed by atoms with van der Waals surface area (Å²) in [6, 6.07) is 0. The molecule has 0 rings (SSSR count). The lowest BCUT2D eigenvalue weighted by Gasteiger charge is -2.35. The molecular formula is C19H39O4. The van der Waals surface area contributed by atoms with Gasteiger partial charge in [-0.3, -0.25) is 0 Å². The third-order valence-corrected chi connectivity index (χ3v) is 3.41. The minimum Gasteiger partial charge on any atom is -0.353 e. The van der Waals surface area contributed by atoms with Crippen molar-refractivity contribution in [3.8, 4) is 0 Å². The van der Waals surface area contributed by atoms with E-state index in [2.05, 4.69) is 27.7 Å². The van der Waals surface area contributed by atoms with Crippen LogP contribution in [0.3, 0.4) is 0 Å². The summed E-state index contributed by atoms with van der Waals surface area (Å²) in [5.74, 6) is 1.04. The van der Waals surface area contributed by atoms with Gasteiger partial charge in [0.1, 0.15) is 0 Å². The molecule has 0 aromatic heterocycles. The van der Waals surface area contributed by atoms with Crippen molar-refractivity contribution in [2.45, 2.75) is 93.3 Å². The lowest BCUT2D eigenvalue weighted by Crippen LogP contribution is -2.40. The highest BCUT2D eigenvalue weighted by Gasteiger charge is 2.34. The van der Waals surface area contributed by atoms with Gasteiger partial charge in [0.15, 0.2) is 12.6 Å². The fourth-order valence-corrected chi connectivity index (χ4v) is 1.82. The Balaban J connectivity index is 4.62. The molecule has 0 aliphatic rings. The molecule has 0 aliphatic carbocycles. The van der Waals surface area contributed by atoms with Crippen molar-refractivity contribution < 1.29 is 19.3 Å². The first-order chi connectivity index (χ1) is 10.3. The minimum atomic E-state index is -1.07. The smallest absolute Gasteiger partial charge is 0.196 e. The van der Waals surface area contributed by atoms with Crippen molar-refractivity contribution in [3.63, 3.8) is 0 Å². The SMILES string of the molecule is CC(C)CCOC(CC(C)(C)OC([O])C(C)(C)C)OCC(C)C. The third-order valence-electron chi connectivity index (χ3n) is 3.41. The number of hydrogen-bond acceptors (Lipinski definition) is 3. The van der Waals surface area contributed by atoms with E-state index in [1.807, 2.05) is 34.6 Å². The summed E-state index contributed by atoms with van der Waals surface area (Å²) in [6.45, 7) is 19.4. The molecule has 4 heteroatoms. The van der Waals surface area contributed by atoms with Crippen molar-refractivity contribution >= 4 is 0 Å². The lowest BCUT2D eigenvalue weighted by atomic mass is 9.95. The summed E-state index contributed by atoms with van der Waals surface area (Å²) >= 11 is 0. The first kappa shape index (κ1) is 22.8. The van der Waals surface area contributed by atoms with Crippen LogP contribution in [0.5, 0.6) is 0 Å². The molecule has 0 amide bonds. The molecule has 4 nitrogen and oxygen atoms in total. The Bertz CT molecular complexity index is 305. The molecule has 0 aromatic carbocycles. The van der Waals surface area contributed by atoms with Gasteiger partial charge in [-0.15, -0.1) is 0 Å². The van der Waals surface area contributed by atoms with Gasteiger partial charge in [-0.2, -0.15) is 0 Å². The molecule has 23 heavy (non-hydrogen) atoms. The summed E-state index contributed by atoms with van der Waals surface area (Å²) in [7, 11) is 0. The lowest BCUT2D eigenvalue weighted by molar-refractivity contribution is -0.264. The van der Waals surface area contributed by atoms with Crippen molar-refractivity contribution in [3.05, 3.63) is 0 Å². The van der Waals surface area contributed by atoms with Crippen LogP contribution in [0.2, 0.25) is 0 Å².